The maximum absolute atomic E-state index is 13.7. The summed E-state index contributed by atoms with van der Waals surface area (Å²) in [4.78, 5) is 14.6. The Morgan fingerprint density at radius 3 is 2.68 bits per heavy atom. The smallest absolute Gasteiger partial charge is 0.338 e. The fourth-order valence-electron chi connectivity index (χ4n) is 1.84. The quantitative estimate of drug-likeness (QED) is 0.670. The molecule has 0 aliphatic heterocycles. The van der Waals surface area contributed by atoms with Gasteiger partial charge in [0.05, 0.1) is 0 Å². The number of pyridine rings is 1. The Hall–Kier alpha value is -1.65. The van der Waals surface area contributed by atoms with Gasteiger partial charge in [-0.05, 0) is 12.5 Å². The minimum Gasteiger partial charge on any atom is -0.478 e. The first-order valence-corrected chi connectivity index (χ1v) is 6.78. The molecule has 0 fully saturated rings. The van der Waals surface area contributed by atoms with E-state index in [9.17, 15) is 9.18 Å². The lowest BCUT2D eigenvalue weighted by molar-refractivity contribution is 0.0692. The van der Waals surface area contributed by atoms with E-state index in [4.69, 9.17) is 5.11 Å². The molecule has 0 atom stereocenters. The molecule has 0 unspecified atom stereocenters. The number of nitrogens with one attached hydrogen (secondary N) is 1. The summed E-state index contributed by atoms with van der Waals surface area (Å²) in [6, 6.07) is 1.16. The molecule has 5 heteroatoms. The average Bonchev–Trinajstić information content (AvgIpc) is 2.39. The van der Waals surface area contributed by atoms with Crippen LogP contribution in [0.2, 0.25) is 0 Å². The van der Waals surface area contributed by atoms with Gasteiger partial charge in [-0.15, -0.1) is 0 Å². The summed E-state index contributed by atoms with van der Waals surface area (Å²) in [5, 5.41) is 11.6. The van der Waals surface area contributed by atoms with Crippen molar-refractivity contribution < 1.29 is 14.3 Å². The van der Waals surface area contributed by atoms with Gasteiger partial charge in [0.2, 0.25) is 0 Å². The zero-order chi connectivity index (χ0) is 14.1. The maximum Gasteiger partial charge on any atom is 0.338 e. The van der Waals surface area contributed by atoms with Crippen molar-refractivity contribution in [3.8, 4) is 0 Å². The molecule has 0 saturated carbocycles. The van der Waals surface area contributed by atoms with E-state index in [0.29, 0.717) is 6.54 Å². The molecule has 0 spiro atoms. The third-order valence-corrected chi connectivity index (χ3v) is 2.94. The second kappa shape index (κ2) is 8.45. The zero-order valence-electron chi connectivity index (χ0n) is 11.3. The van der Waals surface area contributed by atoms with Gasteiger partial charge >= 0.3 is 5.97 Å². The average molecular weight is 268 g/mol. The molecule has 4 nitrogen and oxygen atoms in total. The minimum atomic E-state index is -1.28. The van der Waals surface area contributed by atoms with Crippen LogP contribution in [-0.4, -0.2) is 22.6 Å². The number of carboxylic acid groups (broad SMARTS) is 1. The monoisotopic (exact) mass is 268 g/mol. The molecule has 1 aromatic heterocycles. The molecule has 0 aromatic carbocycles. The van der Waals surface area contributed by atoms with Crippen molar-refractivity contribution in [1.82, 2.24) is 4.98 Å². The van der Waals surface area contributed by atoms with Crippen molar-refractivity contribution in [1.29, 1.82) is 0 Å². The van der Waals surface area contributed by atoms with Gasteiger partial charge < -0.3 is 10.4 Å². The first kappa shape index (κ1) is 15.4. The Balaban J connectivity index is 2.33. The summed E-state index contributed by atoms with van der Waals surface area (Å²) in [5.74, 6) is -2.04. The van der Waals surface area contributed by atoms with Gasteiger partial charge in [-0.3, -0.25) is 0 Å². The predicted molar refractivity (Wildman–Crippen MR) is 73.0 cm³/mol. The molecule has 1 rings (SSSR count). The third-order valence-electron chi connectivity index (χ3n) is 2.94. The highest BCUT2D eigenvalue weighted by atomic mass is 19.1. The third kappa shape index (κ3) is 5.24. The van der Waals surface area contributed by atoms with Crippen LogP contribution in [0.5, 0.6) is 0 Å². The van der Waals surface area contributed by atoms with Gasteiger partial charge in [0.25, 0.3) is 0 Å². The largest absolute Gasteiger partial charge is 0.478 e. The van der Waals surface area contributed by atoms with E-state index in [-0.39, 0.29) is 11.4 Å². The van der Waals surface area contributed by atoms with Gasteiger partial charge in [-0.2, -0.15) is 0 Å². The molecule has 1 heterocycles. The van der Waals surface area contributed by atoms with Crippen LogP contribution in [0.3, 0.4) is 0 Å². The van der Waals surface area contributed by atoms with Crippen molar-refractivity contribution >= 4 is 11.8 Å². The molecule has 0 aliphatic rings. The van der Waals surface area contributed by atoms with E-state index in [2.05, 4.69) is 17.2 Å². The normalized spacial score (nSPS) is 10.4. The zero-order valence-corrected chi connectivity index (χ0v) is 11.3. The van der Waals surface area contributed by atoms with Crippen LogP contribution >= 0.6 is 0 Å². The van der Waals surface area contributed by atoms with Crippen molar-refractivity contribution in [3.05, 3.63) is 23.6 Å². The molecule has 0 bridgehead atoms. The Bertz CT molecular complexity index is 410. The minimum absolute atomic E-state index is 0.0217. The van der Waals surface area contributed by atoms with E-state index in [0.717, 1.165) is 18.9 Å². The van der Waals surface area contributed by atoms with Crippen LogP contribution < -0.4 is 5.32 Å². The Morgan fingerprint density at radius 1 is 1.32 bits per heavy atom. The summed E-state index contributed by atoms with van der Waals surface area (Å²) >= 11 is 0. The molecule has 0 amide bonds. The lowest BCUT2D eigenvalue weighted by Crippen LogP contribution is -2.09. The lowest BCUT2D eigenvalue weighted by Gasteiger charge is -2.07. The number of rotatable bonds is 9. The topological polar surface area (TPSA) is 62.2 Å². The van der Waals surface area contributed by atoms with E-state index >= 15 is 0 Å². The second-order valence-corrected chi connectivity index (χ2v) is 4.52. The van der Waals surface area contributed by atoms with E-state index < -0.39 is 11.8 Å². The number of aromatic carboxylic acids is 1. The fourth-order valence-corrected chi connectivity index (χ4v) is 1.84. The number of hydrogen-bond acceptors (Lipinski definition) is 3. The van der Waals surface area contributed by atoms with Crippen molar-refractivity contribution in [3.63, 3.8) is 0 Å². The van der Waals surface area contributed by atoms with Crippen molar-refractivity contribution in [2.45, 2.75) is 45.4 Å². The van der Waals surface area contributed by atoms with Gasteiger partial charge in [-0.25, -0.2) is 14.2 Å². The van der Waals surface area contributed by atoms with Crippen LogP contribution in [0.1, 0.15) is 55.8 Å². The SMILES string of the molecule is CCCCCCCCNc1nccc(C(=O)O)c1F. The summed E-state index contributed by atoms with van der Waals surface area (Å²) in [6.45, 7) is 2.78. The highest BCUT2D eigenvalue weighted by Crippen LogP contribution is 2.15. The van der Waals surface area contributed by atoms with Gasteiger partial charge in [-0.1, -0.05) is 39.0 Å². The van der Waals surface area contributed by atoms with Crippen molar-refractivity contribution in [2.75, 3.05) is 11.9 Å². The van der Waals surface area contributed by atoms with Crippen LogP contribution in [-0.2, 0) is 0 Å². The fraction of sp³-hybridized carbons (Fsp3) is 0.571. The molecule has 0 aliphatic carbocycles. The number of carbonyl (C=O) groups is 1. The number of unbranched alkanes of at least 4 members (excludes halogenated alkanes) is 5. The van der Waals surface area contributed by atoms with Crippen molar-refractivity contribution in [2.24, 2.45) is 0 Å². The van der Waals surface area contributed by atoms with E-state index in [1.807, 2.05) is 0 Å². The van der Waals surface area contributed by atoms with Crippen LogP contribution in [0.25, 0.3) is 0 Å². The first-order valence-electron chi connectivity index (χ1n) is 6.78. The molecule has 0 radical (unpaired) electrons. The van der Waals surface area contributed by atoms with Crippen LogP contribution in [0, 0.1) is 5.82 Å². The summed E-state index contributed by atoms with van der Waals surface area (Å²) in [5.41, 5.74) is -0.347. The first-order chi connectivity index (χ1) is 9.16. The van der Waals surface area contributed by atoms with Gasteiger partial charge in [0, 0.05) is 12.7 Å². The summed E-state index contributed by atoms with van der Waals surface area (Å²) < 4.78 is 13.7. The number of halogens is 1. The van der Waals surface area contributed by atoms with E-state index in [1.165, 1.54) is 31.9 Å². The molecule has 106 valence electrons. The number of anilines is 1. The maximum atomic E-state index is 13.7. The number of carboxylic acids is 1. The summed E-state index contributed by atoms with van der Waals surface area (Å²) in [6.07, 6.45) is 8.21. The predicted octanol–water partition coefficient (Wildman–Crippen LogP) is 3.69. The molecular formula is C14H21FN2O2. The van der Waals surface area contributed by atoms with Crippen LogP contribution in [0.4, 0.5) is 10.2 Å². The van der Waals surface area contributed by atoms with Crippen LogP contribution in [0.15, 0.2) is 12.3 Å². The Kier molecular flexibility index (Phi) is 6.85. The van der Waals surface area contributed by atoms with E-state index in [1.54, 1.807) is 0 Å². The number of nitrogens with zero attached hydrogens (tertiary/aromatic N) is 1. The Labute approximate surface area is 113 Å². The van der Waals surface area contributed by atoms with Gasteiger partial charge in [0.15, 0.2) is 11.6 Å². The molecular weight excluding hydrogens is 247 g/mol. The standard InChI is InChI=1S/C14H21FN2O2/c1-2-3-4-5-6-7-9-16-13-12(15)11(14(18)19)8-10-17-13/h8,10H,2-7,9H2,1H3,(H,16,17)(H,18,19). The molecule has 1 aromatic rings. The summed E-state index contributed by atoms with van der Waals surface area (Å²) in [7, 11) is 0. The van der Waals surface area contributed by atoms with Gasteiger partial charge in [0.1, 0.15) is 5.56 Å². The number of hydrogen-bond donors (Lipinski definition) is 2. The highest BCUT2D eigenvalue weighted by Gasteiger charge is 2.14. The Morgan fingerprint density at radius 2 is 2.00 bits per heavy atom. The number of aromatic nitrogens is 1. The molecule has 2 N–H and O–H groups in total. The highest BCUT2D eigenvalue weighted by molar-refractivity contribution is 5.88. The molecule has 0 saturated heterocycles. The second-order valence-electron chi connectivity index (χ2n) is 4.52. The molecule has 19 heavy (non-hydrogen) atoms. The lowest BCUT2D eigenvalue weighted by atomic mass is 10.1.